The van der Waals surface area contributed by atoms with E-state index in [-0.39, 0.29) is 0 Å². The molecule has 0 amide bonds. The van der Waals surface area contributed by atoms with Gasteiger partial charge in [-0.2, -0.15) is 0 Å². The summed E-state index contributed by atoms with van der Waals surface area (Å²) in [5, 5.41) is 0.765. The standard InChI is InChI=1S/C8H7Cl2N3/c1-4-11-5-3-6(9)12-8(10)7(5)13(4)2/h3H,1-2H3. The molecule has 0 radical (unpaired) electrons. The lowest BCUT2D eigenvalue weighted by Crippen LogP contribution is -1.91. The number of rotatable bonds is 0. The van der Waals surface area contributed by atoms with Crippen LogP contribution < -0.4 is 0 Å². The molecule has 2 heterocycles. The number of aromatic nitrogens is 3. The van der Waals surface area contributed by atoms with E-state index in [2.05, 4.69) is 9.97 Å². The molecular weight excluding hydrogens is 209 g/mol. The monoisotopic (exact) mass is 215 g/mol. The van der Waals surface area contributed by atoms with Crippen molar-refractivity contribution in [2.75, 3.05) is 0 Å². The largest absolute Gasteiger partial charge is 0.329 e. The summed E-state index contributed by atoms with van der Waals surface area (Å²) < 4.78 is 1.89. The summed E-state index contributed by atoms with van der Waals surface area (Å²) in [5.74, 6) is 0.890. The van der Waals surface area contributed by atoms with E-state index in [0.29, 0.717) is 10.3 Å². The van der Waals surface area contributed by atoms with Gasteiger partial charge in [0.2, 0.25) is 0 Å². The highest BCUT2D eigenvalue weighted by molar-refractivity contribution is 6.36. The molecule has 0 aliphatic rings. The van der Waals surface area contributed by atoms with E-state index >= 15 is 0 Å². The van der Waals surface area contributed by atoms with E-state index in [1.165, 1.54) is 0 Å². The van der Waals surface area contributed by atoms with Gasteiger partial charge in [0.05, 0.1) is 5.52 Å². The zero-order chi connectivity index (χ0) is 9.59. The number of fused-ring (bicyclic) bond motifs is 1. The highest BCUT2D eigenvalue weighted by Crippen LogP contribution is 2.24. The van der Waals surface area contributed by atoms with Gasteiger partial charge in [0.25, 0.3) is 0 Å². The lowest BCUT2D eigenvalue weighted by Gasteiger charge is -1.98. The summed E-state index contributed by atoms with van der Waals surface area (Å²) in [6.45, 7) is 1.91. The quantitative estimate of drug-likeness (QED) is 0.633. The number of imidazole rings is 1. The number of pyridine rings is 1. The Morgan fingerprint density at radius 3 is 2.69 bits per heavy atom. The summed E-state index contributed by atoms with van der Waals surface area (Å²) in [4.78, 5) is 8.23. The molecule has 0 aliphatic carbocycles. The second-order valence-electron chi connectivity index (χ2n) is 2.82. The first kappa shape index (κ1) is 8.78. The molecule has 0 aliphatic heterocycles. The van der Waals surface area contributed by atoms with Gasteiger partial charge in [-0.1, -0.05) is 23.2 Å². The molecule has 0 aromatic carbocycles. The first-order chi connectivity index (χ1) is 6.09. The Labute approximate surface area is 85.3 Å². The van der Waals surface area contributed by atoms with Gasteiger partial charge in [0.1, 0.15) is 16.5 Å². The summed E-state index contributed by atoms with van der Waals surface area (Å²) >= 11 is 11.7. The van der Waals surface area contributed by atoms with Gasteiger partial charge >= 0.3 is 0 Å². The summed E-state index contributed by atoms with van der Waals surface area (Å²) in [6, 6.07) is 1.70. The van der Waals surface area contributed by atoms with E-state index in [1.807, 2.05) is 18.5 Å². The molecule has 13 heavy (non-hydrogen) atoms. The van der Waals surface area contributed by atoms with Gasteiger partial charge in [-0.15, -0.1) is 0 Å². The molecule has 0 saturated heterocycles. The minimum Gasteiger partial charge on any atom is -0.329 e. The van der Waals surface area contributed by atoms with E-state index in [4.69, 9.17) is 23.2 Å². The van der Waals surface area contributed by atoms with Crippen molar-refractivity contribution in [2.45, 2.75) is 6.92 Å². The van der Waals surface area contributed by atoms with Crippen LogP contribution >= 0.6 is 23.2 Å². The molecule has 68 valence electrons. The lowest BCUT2D eigenvalue weighted by molar-refractivity contribution is 0.884. The average Bonchev–Trinajstić information content (AvgIpc) is 2.27. The SMILES string of the molecule is Cc1nc2cc(Cl)nc(Cl)c2n1C. The van der Waals surface area contributed by atoms with Crippen molar-refractivity contribution in [3.05, 3.63) is 22.2 Å². The number of hydrogen-bond donors (Lipinski definition) is 0. The van der Waals surface area contributed by atoms with Crippen LogP contribution in [-0.2, 0) is 7.05 Å². The van der Waals surface area contributed by atoms with Crippen molar-refractivity contribution in [2.24, 2.45) is 7.05 Å². The van der Waals surface area contributed by atoms with Crippen LogP contribution in [0.25, 0.3) is 11.0 Å². The van der Waals surface area contributed by atoms with Crippen molar-refractivity contribution >= 4 is 34.2 Å². The van der Waals surface area contributed by atoms with Crippen molar-refractivity contribution < 1.29 is 0 Å². The van der Waals surface area contributed by atoms with Crippen molar-refractivity contribution in [3.8, 4) is 0 Å². The predicted molar refractivity (Wildman–Crippen MR) is 53.3 cm³/mol. The second-order valence-corrected chi connectivity index (χ2v) is 3.57. The van der Waals surface area contributed by atoms with Crippen molar-refractivity contribution in [1.82, 2.24) is 14.5 Å². The molecule has 0 atom stereocenters. The van der Waals surface area contributed by atoms with Gasteiger partial charge in [-0.3, -0.25) is 0 Å². The maximum Gasteiger partial charge on any atom is 0.156 e. The van der Waals surface area contributed by atoms with E-state index < -0.39 is 0 Å². The Bertz CT molecular complexity index is 476. The van der Waals surface area contributed by atoms with Crippen molar-refractivity contribution in [3.63, 3.8) is 0 Å². The third kappa shape index (κ3) is 1.28. The van der Waals surface area contributed by atoms with Gasteiger partial charge in [-0.25, -0.2) is 9.97 Å². The fourth-order valence-electron chi connectivity index (χ4n) is 1.27. The first-order valence-corrected chi connectivity index (χ1v) is 4.50. The Morgan fingerprint density at radius 2 is 2.00 bits per heavy atom. The molecule has 2 aromatic rings. The molecule has 3 nitrogen and oxygen atoms in total. The molecule has 5 heteroatoms. The van der Waals surface area contributed by atoms with Gasteiger partial charge in [-0.05, 0) is 6.92 Å². The fraction of sp³-hybridized carbons (Fsp3) is 0.250. The smallest absolute Gasteiger partial charge is 0.156 e. The van der Waals surface area contributed by atoms with Crippen LogP contribution in [0.2, 0.25) is 10.3 Å². The van der Waals surface area contributed by atoms with Crippen LogP contribution in [-0.4, -0.2) is 14.5 Å². The van der Waals surface area contributed by atoms with E-state index in [1.54, 1.807) is 6.07 Å². The summed E-state index contributed by atoms with van der Waals surface area (Å²) in [6.07, 6.45) is 0. The number of halogens is 2. The van der Waals surface area contributed by atoms with Crippen LogP contribution in [0.5, 0.6) is 0 Å². The first-order valence-electron chi connectivity index (χ1n) is 3.74. The predicted octanol–water partition coefficient (Wildman–Crippen LogP) is 2.58. The number of nitrogens with zero attached hydrogens (tertiary/aromatic N) is 3. The van der Waals surface area contributed by atoms with Gasteiger partial charge in [0.15, 0.2) is 5.15 Å². The Balaban J connectivity index is 2.94. The normalized spacial score (nSPS) is 11.1. The Hall–Kier alpha value is -0.800. The molecule has 2 aromatic heterocycles. The van der Waals surface area contributed by atoms with Crippen LogP contribution in [0.4, 0.5) is 0 Å². The van der Waals surface area contributed by atoms with Crippen LogP contribution in [0.1, 0.15) is 5.82 Å². The molecule has 0 fully saturated rings. The highest BCUT2D eigenvalue weighted by atomic mass is 35.5. The fourth-order valence-corrected chi connectivity index (χ4v) is 1.82. The van der Waals surface area contributed by atoms with Crippen molar-refractivity contribution in [1.29, 1.82) is 0 Å². The van der Waals surface area contributed by atoms with Gasteiger partial charge in [0, 0.05) is 13.1 Å². The maximum atomic E-state index is 5.92. The third-order valence-electron chi connectivity index (χ3n) is 2.00. The van der Waals surface area contributed by atoms with E-state index in [9.17, 15) is 0 Å². The summed E-state index contributed by atoms with van der Waals surface area (Å²) in [5.41, 5.74) is 1.61. The zero-order valence-electron chi connectivity index (χ0n) is 7.17. The van der Waals surface area contributed by atoms with Gasteiger partial charge < -0.3 is 4.57 Å². The lowest BCUT2D eigenvalue weighted by atomic mass is 10.4. The van der Waals surface area contributed by atoms with Crippen LogP contribution in [0.15, 0.2) is 6.07 Å². The second kappa shape index (κ2) is 2.86. The third-order valence-corrected chi connectivity index (χ3v) is 2.46. The molecule has 0 saturated carbocycles. The topological polar surface area (TPSA) is 30.7 Å². The Morgan fingerprint density at radius 1 is 1.31 bits per heavy atom. The van der Waals surface area contributed by atoms with Crippen LogP contribution in [0.3, 0.4) is 0 Å². The minimum absolute atomic E-state index is 0.371. The zero-order valence-corrected chi connectivity index (χ0v) is 8.69. The Kier molecular flexibility index (Phi) is 1.93. The number of hydrogen-bond acceptors (Lipinski definition) is 2. The molecular formula is C8H7Cl2N3. The van der Waals surface area contributed by atoms with E-state index in [0.717, 1.165) is 16.9 Å². The summed E-state index contributed by atoms with van der Waals surface area (Å²) in [7, 11) is 1.89. The molecule has 0 unspecified atom stereocenters. The average molecular weight is 216 g/mol. The highest BCUT2D eigenvalue weighted by Gasteiger charge is 2.09. The van der Waals surface area contributed by atoms with Crippen LogP contribution in [0, 0.1) is 6.92 Å². The number of aryl methyl sites for hydroxylation is 2. The molecule has 0 bridgehead atoms. The molecule has 0 N–H and O–H groups in total. The minimum atomic E-state index is 0.371. The molecule has 0 spiro atoms. The maximum absolute atomic E-state index is 5.92. The molecule has 2 rings (SSSR count).